The first kappa shape index (κ1) is 14.2. The van der Waals surface area contributed by atoms with Crippen molar-refractivity contribution >= 4 is 0 Å². The zero-order valence-corrected chi connectivity index (χ0v) is 12.0. The topological polar surface area (TPSA) is 42.7 Å². The van der Waals surface area contributed by atoms with Crippen molar-refractivity contribution < 1.29 is 0 Å². The largest absolute Gasteiger partial charge is 0.316 e. The lowest BCUT2D eigenvalue weighted by Crippen LogP contribution is -2.38. The van der Waals surface area contributed by atoms with E-state index in [2.05, 4.69) is 50.0 Å². The van der Waals surface area contributed by atoms with Gasteiger partial charge in [0, 0.05) is 18.5 Å². The van der Waals surface area contributed by atoms with Gasteiger partial charge in [-0.3, -0.25) is 0 Å². The normalized spacial score (nSPS) is 14.3. The standard InChI is InChI=1S/C13H26N4/c1-10(2)17-12(15-9-16-17)8-7-11(14-6)13(3,4)5/h9-11,14H,7-8H2,1-6H3. The van der Waals surface area contributed by atoms with Crippen LogP contribution in [-0.2, 0) is 6.42 Å². The second kappa shape index (κ2) is 5.63. The van der Waals surface area contributed by atoms with Crippen LogP contribution in [0.4, 0.5) is 0 Å². The van der Waals surface area contributed by atoms with Gasteiger partial charge in [-0.25, -0.2) is 9.67 Å². The van der Waals surface area contributed by atoms with Crippen molar-refractivity contribution in [2.75, 3.05) is 7.05 Å². The average Bonchev–Trinajstić information content (AvgIpc) is 2.64. The molecule has 0 radical (unpaired) electrons. The van der Waals surface area contributed by atoms with E-state index >= 15 is 0 Å². The summed E-state index contributed by atoms with van der Waals surface area (Å²) < 4.78 is 2.01. The second-order valence-corrected chi connectivity index (χ2v) is 5.96. The van der Waals surface area contributed by atoms with Crippen molar-refractivity contribution in [1.82, 2.24) is 20.1 Å². The maximum Gasteiger partial charge on any atom is 0.138 e. The van der Waals surface area contributed by atoms with Gasteiger partial charge < -0.3 is 5.32 Å². The van der Waals surface area contributed by atoms with Crippen molar-refractivity contribution in [2.24, 2.45) is 5.41 Å². The summed E-state index contributed by atoms with van der Waals surface area (Å²) in [7, 11) is 2.03. The molecule has 0 aromatic carbocycles. The molecule has 0 aliphatic carbocycles. The van der Waals surface area contributed by atoms with Crippen LogP contribution in [0.5, 0.6) is 0 Å². The third-order valence-corrected chi connectivity index (χ3v) is 3.19. The van der Waals surface area contributed by atoms with E-state index in [1.54, 1.807) is 6.33 Å². The predicted octanol–water partition coefficient (Wildman–Crippen LogP) is 2.43. The molecule has 1 aromatic rings. The molecule has 1 rings (SSSR count). The smallest absolute Gasteiger partial charge is 0.138 e. The molecule has 0 saturated heterocycles. The Morgan fingerprint density at radius 1 is 1.35 bits per heavy atom. The molecule has 98 valence electrons. The molecule has 4 heteroatoms. The van der Waals surface area contributed by atoms with Crippen LogP contribution in [0.1, 0.15) is 52.9 Å². The molecule has 17 heavy (non-hydrogen) atoms. The Labute approximate surface area is 105 Å². The number of hydrogen-bond acceptors (Lipinski definition) is 3. The maximum atomic E-state index is 4.35. The molecule has 0 amide bonds. The van der Waals surface area contributed by atoms with Gasteiger partial charge in [0.15, 0.2) is 0 Å². The van der Waals surface area contributed by atoms with Gasteiger partial charge in [0.05, 0.1) is 0 Å². The number of aryl methyl sites for hydroxylation is 1. The van der Waals surface area contributed by atoms with Crippen LogP contribution >= 0.6 is 0 Å². The Morgan fingerprint density at radius 2 is 2.00 bits per heavy atom. The molecule has 0 aliphatic rings. The lowest BCUT2D eigenvalue weighted by atomic mass is 9.84. The summed E-state index contributed by atoms with van der Waals surface area (Å²) >= 11 is 0. The molecule has 1 atom stereocenters. The third kappa shape index (κ3) is 3.80. The van der Waals surface area contributed by atoms with E-state index in [0.717, 1.165) is 18.7 Å². The van der Waals surface area contributed by atoms with Gasteiger partial charge in [-0.05, 0) is 32.7 Å². The number of aromatic nitrogens is 3. The van der Waals surface area contributed by atoms with Crippen LogP contribution in [-0.4, -0.2) is 27.9 Å². The van der Waals surface area contributed by atoms with Gasteiger partial charge in [-0.1, -0.05) is 20.8 Å². The first-order chi connectivity index (χ1) is 7.86. The fraction of sp³-hybridized carbons (Fsp3) is 0.846. The minimum atomic E-state index is 0.275. The van der Waals surface area contributed by atoms with Crippen molar-refractivity contribution in [3.63, 3.8) is 0 Å². The van der Waals surface area contributed by atoms with E-state index < -0.39 is 0 Å². The van der Waals surface area contributed by atoms with Gasteiger partial charge in [0.25, 0.3) is 0 Å². The molecule has 1 heterocycles. The highest BCUT2D eigenvalue weighted by molar-refractivity contribution is 4.90. The SMILES string of the molecule is CNC(CCc1ncnn1C(C)C)C(C)(C)C. The summed E-state index contributed by atoms with van der Waals surface area (Å²) in [6, 6.07) is 0.884. The zero-order chi connectivity index (χ0) is 13.1. The number of nitrogens with zero attached hydrogens (tertiary/aromatic N) is 3. The van der Waals surface area contributed by atoms with E-state index in [-0.39, 0.29) is 5.41 Å². The highest BCUT2D eigenvalue weighted by Gasteiger charge is 2.23. The molecular weight excluding hydrogens is 212 g/mol. The monoisotopic (exact) mass is 238 g/mol. The second-order valence-electron chi connectivity index (χ2n) is 5.96. The fourth-order valence-electron chi connectivity index (χ4n) is 2.17. The highest BCUT2D eigenvalue weighted by Crippen LogP contribution is 2.22. The minimum absolute atomic E-state index is 0.275. The van der Waals surface area contributed by atoms with Gasteiger partial charge >= 0.3 is 0 Å². The fourth-order valence-corrected chi connectivity index (χ4v) is 2.17. The molecule has 0 fully saturated rings. The Bertz CT molecular complexity index is 335. The maximum absolute atomic E-state index is 4.35. The quantitative estimate of drug-likeness (QED) is 0.856. The summed E-state index contributed by atoms with van der Waals surface area (Å²) in [6.45, 7) is 11.1. The first-order valence-corrected chi connectivity index (χ1v) is 6.42. The van der Waals surface area contributed by atoms with Gasteiger partial charge in [0.1, 0.15) is 12.2 Å². The van der Waals surface area contributed by atoms with Gasteiger partial charge in [-0.2, -0.15) is 5.10 Å². The van der Waals surface area contributed by atoms with E-state index in [0.29, 0.717) is 12.1 Å². The van der Waals surface area contributed by atoms with Crippen LogP contribution in [0.3, 0.4) is 0 Å². The molecule has 1 aromatic heterocycles. The Morgan fingerprint density at radius 3 is 2.47 bits per heavy atom. The third-order valence-electron chi connectivity index (χ3n) is 3.19. The average molecular weight is 238 g/mol. The van der Waals surface area contributed by atoms with Crippen molar-refractivity contribution in [3.05, 3.63) is 12.2 Å². The predicted molar refractivity (Wildman–Crippen MR) is 71.0 cm³/mol. The summed E-state index contributed by atoms with van der Waals surface area (Å²) in [6.07, 6.45) is 3.72. The lowest BCUT2D eigenvalue weighted by Gasteiger charge is -2.30. The number of rotatable bonds is 5. The molecule has 4 nitrogen and oxygen atoms in total. The first-order valence-electron chi connectivity index (χ1n) is 6.42. The van der Waals surface area contributed by atoms with Crippen LogP contribution in [0.15, 0.2) is 6.33 Å². The Hall–Kier alpha value is -0.900. The molecule has 1 N–H and O–H groups in total. The van der Waals surface area contributed by atoms with E-state index in [9.17, 15) is 0 Å². The zero-order valence-electron chi connectivity index (χ0n) is 12.0. The van der Waals surface area contributed by atoms with E-state index in [4.69, 9.17) is 0 Å². The molecule has 0 aliphatic heterocycles. The molecule has 0 saturated carbocycles. The van der Waals surface area contributed by atoms with Crippen LogP contribution < -0.4 is 5.32 Å². The molecular formula is C13H26N4. The Kier molecular flexibility index (Phi) is 4.69. The van der Waals surface area contributed by atoms with E-state index in [1.807, 2.05) is 11.7 Å². The summed E-state index contributed by atoms with van der Waals surface area (Å²) in [4.78, 5) is 4.35. The number of hydrogen-bond donors (Lipinski definition) is 1. The summed E-state index contributed by atoms with van der Waals surface area (Å²) in [5.41, 5.74) is 0.275. The van der Waals surface area contributed by atoms with Crippen LogP contribution in [0.25, 0.3) is 0 Å². The van der Waals surface area contributed by atoms with Gasteiger partial charge in [-0.15, -0.1) is 0 Å². The molecule has 0 spiro atoms. The molecule has 1 unspecified atom stereocenters. The van der Waals surface area contributed by atoms with Crippen LogP contribution in [0, 0.1) is 5.41 Å². The van der Waals surface area contributed by atoms with Crippen molar-refractivity contribution in [1.29, 1.82) is 0 Å². The van der Waals surface area contributed by atoms with Crippen LogP contribution in [0.2, 0.25) is 0 Å². The van der Waals surface area contributed by atoms with Crippen molar-refractivity contribution in [2.45, 2.75) is 59.5 Å². The van der Waals surface area contributed by atoms with Crippen molar-refractivity contribution in [3.8, 4) is 0 Å². The van der Waals surface area contributed by atoms with E-state index in [1.165, 1.54) is 0 Å². The minimum Gasteiger partial charge on any atom is -0.316 e. The summed E-state index contributed by atoms with van der Waals surface area (Å²) in [5.74, 6) is 1.09. The molecule has 0 bridgehead atoms. The Balaban J connectivity index is 2.63. The number of nitrogens with one attached hydrogen (secondary N) is 1. The summed E-state index contributed by atoms with van der Waals surface area (Å²) in [5, 5.41) is 7.66. The van der Waals surface area contributed by atoms with Gasteiger partial charge in [0.2, 0.25) is 0 Å². The highest BCUT2D eigenvalue weighted by atomic mass is 15.3. The lowest BCUT2D eigenvalue weighted by molar-refractivity contribution is 0.265.